The van der Waals surface area contributed by atoms with Crippen LogP contribution in [0.5, 0.6) is 0 Å². The van der Waals surface area contributed by atoms with Gasteiger partial charge in [-0.1, -0.05) is 6.92 Å². The van der Waals surface area contributed by atoms with E-state index < -0.39 is 5.97 Å². The third-order valence-corrected chi connectivity index (χ3v) is 3.44. The first-order chi connectivity index (χ1) is 8.51. The van der Waals surface area contributed by atoms with Gasteiger partial charge in [-0.25, -0.2) is 4.79 Å². The molecular weight excluding hydrogens is 254 g/mol. The van der Waals surface area contributed by atoms with Crippen molar-refractivity contribution in [2.75, 3.05) is 19.1 Å². The number of carboxylic acid groups (broad SMARTS) is 1. The molecule has 100 valence electrons. The molecule has 0 radical (unpaired) electrons. The molecule has 1 rings (SSSR count). The van der Waals surface area contributed by atoms with Crippen LogP contribution in [-0.2, 0) is 0 Å². The summed E-state index contributed by atoms with van der Waals surface area (Å²) in [6.07, 6.45) is 2.83. The SMILES string of the molecule is CCC(CSC)N(C)C(=O)c1ccc(C(=O)O)o1. The maximum Gasteiger partial charge on any atom is 0.371 e. The van der Waals surface area contributed by atoms with E-state index in [0.29, 0.717) is 0 Å². The topological polar surface area (TPSA) is 70.8 Å². The van der Waals surface area contributed by atoms with Gasteiger partial charge < -0.3 is 14.4 Å². The second-order valence-corrected chi connectivity index (χ2v) is 4.81. The number of hydrogen-bond donors (Lipinski definition) is 1. The number of carbonyl (C=O) groups is 2. The zero-order valence-corrected chi connectivity index (χ0v) is 11.5. The molecule has 0 saturated carbocycles. The third kappa shape index (κ3) is 3.29. The smallest absolute Gasteiger partial charge is 0.371 e. The lowest BCUT2D eigenvalue weighted by atomic mass is 10.2. The number of aromatic carboxylic acids is 1. The van der Waals surface area contributed by atoms with E-state index in [1.165, 1.54) is 12.1 Å². The van der Waals surface area contributed by atoms with Crippen LogP contribution in [0.3, 0.4) is 0 Å². The Morgan fingerprint density at radius 3 is 2.50 bits per heavy atom. The predicted molar refractivity (Wildman–Crippen MR) is 70.2 cm³/mol. The fourth-order valence-corrected chi connectivity index (χ4v) is 2.45. The monoisotopic (exact) mass is 271 g/mol. The summed E-state index contributed by atoms with van der Waals surface area (Å²) in [6, 6.07) is 2.80. The maximum atomic E-state index is 12.1. The highest BCUT2D eigenvalue weighted by atomic mass is 32.2. The molecule has 6 heteroatoms. The molecule has 1 amide bonds. The average Bonchev–Trinajstić information content (AvgIpc) is 2.83. The van der Waals surface area contributed by atoms with E-state index in [1.54, 1.807) is 23.7 Å². The fourth-order valence-electron chi connectivity index (χ4n) is 1.60. The summed E-state index contributed by atoms with van der Waals surface area (Å²) >= 11 is 1.67. The molecule has 0 aliphatic carbocycles. The number of thioether (sulfide) groups is 1. The maximum absolute atomic E-state index is 12.1. The van der Waals surface area contributed by atoms with E-state index in [0.717, 1.165) is 12.2 Å². The summed E-state index contributed by atoms with van der Waals surface area (Å²) in [6.45, 7) is 2.01. The first kappa shape index (κ1) is 14.6. The Labute approximate surface area is 110 Å². The van der Waals surface area contributed by atoms with E-state index in [1.807, 2.05) is 13.2 Å². The number of rotatable bonds is 6. The summed E-state index contributed by atoms with van der Waals surface area (Å²) in [4.78, 5) is 24.4. The summed E-state index contributed by atoms with van der Waals surface area (Å²) in [5, 5.41) is 8.74. The summed E-state index contributed by atoms with van der Waals surface area (Å²) in [5.41, 5.74) is 0. The molecule has 0 bridgehead atoms. The average molecular weight is 271 g/mol. The van der Waals surface area contributed by atoms with Gasteiger partial charge in [0.2, 0.25) is 5.76 Å². The highest BCUT2D eigenvalue weighted by Gasteiger charge is 2.23. The standard InChI is InChI=1S/C12H17NO4S/c1-4-8(7-18-3)13(2)11(14)9-5-6-10(17-9)12(15)16/h5-6,8H,4,7H2,1-3H3,(H,15,16). The lowest BCUT2D eigenvalue weighted by Crippen LogP contribution is -2.38. The number of carboxylic acids is 1. The minimum atomic E-state index is -1.17. The highest BCUT2D eigenvalue weighted by molar-refractivity contribution is 7.98. The zero-order valence-electron chi connectivity index (χ0n) is 10.7. The van der Waals surface area contributed by atoms with Gasteiger partial charge in [-0.2, -0.15) is 11.8 Å². The quantitative estimate of drug-likeness (QED) is 0.858. The second kappa shape index (κ2) is 6.49. The van der Waals surface area contributed by atoms with Crippen LogP contribution in [0.1, 0.15) is 34.5 Å². The van der Waals surface area contributed by atoms with Crippen molar-refractivity contribution in [1.29, 1.82) is 0 Å². The van der Waals surface area contributed by atoms with Gasteiger partial charge in [0.1, 0.15) is 0 Å². The normalized spacial score (nSPS) is 12.2. The van der Waals surface area contributed by atoms with Gasteiger partial charge in [0.05, 0.1) is 0 Å². The van der Waals surface area contributed by atoms with Gasteiger partial charge in [0, 0.05) is 18.8 Å². The molecule has 1 unspecified atom stereocenters. The minimum Gasteiger partial charge on any atom is -0.475 e. The number of amides is 1. The lowest BCUT2D eigenvalue weighted by molar-refractivity contribution is 0.0647. The molecule has 1 heterocycles. The van der Waals surface area contributed by atoms with E-state index in [2.05, 4.69) is 0 Å². The summed E-state index contributed by atoms with van der Waals surface area (Å²) in [7, 11) is 1.70. The molecule has 0 fully saturated rings. The van der Waals surface area contributed by atoms with Crippen LogP contribution in [-0.4, -0.2) is 47.0 Å². The van der Waals surface area contributed by atoms with Crippen LogP contribution in [0.2, 0.25) is 0 Å². The van der Waals surface area contributed by atoms with E-state index >= 15 is 0 Å². The van der Waals surface area contributed by atoms with E-state index in [-0.39, 0.29) is 23.5 Å². The van der Waals surface area contributed by atoms with Gasteiger partial charge in [-0.15, -0.1) is 0 Å². The van der Waals surface area contributed by atoms with E-state index in [9.17, 15) is 9.59 Å². The van der Waals surface area contributed by atoms with Gasteiger partial charge >= 0.3 is 5.97 Å². The second-order valence-electron chi connectivity index (χ2n) is 3.90. The van der Waals surface area contributed by atoms with Gasteiger partial charge in [-0.3, -0.25) is 4.79 Å². The number of carbonyl (C=O) groups excluding carboxylic acids is 1. The van der Waals surface area contributed by atoms with Crippen molar-refractivity contribution in [3.05, 3.63) is 23.7 Å². The van der Waals surface area contributed by atoms with Gasteiger partial charge in [-0.05, 0) is 24.8 Å². The first-order valence-corrected chi connectivity index (χ1v) is 6.99. The Kier molecular flexibility index (Phi) is 5.27. The van der Waals surface area contributed by atoms with E-state index in [4.69, 9.17) is 9.52 Å². The summed E-state index contributed by atoms with van der Waals surface area (Å²) < 4.78 is 5.00. The van der Waals surface area contributed by atoms with Crippen LogP contribution in [0, 0.1) is 0 Å². The fraction of sp³-hybridized carbons (Fsp3) is 0.500. The molecule has 1 N–H and O–H groups in total. The van der Waals surface area contributed by atoms with Crippen molar-refractivity contribution < 1.29 is 19.1 Å². The molecule has 0 aliphatic rings. The first-order valence-electron chi connectivity index (χ1n) is 5.60. The van der Waals surface area contributed by atoms with Crippen molar-refractivity contribution >= 4 is 23.6 Å². The Bertz CT molecular complexity index is 429. The molecule has 0 spiro atoms. The molecule has 0 saturated heterocycles. The molecular formula is C12H17NO4S. The highest BCUT2D eigenvalue weighted by Crippen LogP contribution is 2.15. The van der Waals surface area contributed by atoms with Gasteiger partial charge in [0.15, 0.2) is 5.76 Å². The van der Waals surface area contributed by atoms with Crippen molar-refractivity contribution in [2.24, 2.45) is 0 Å². The lowest BCUT2D eigenvalue weighted by Gasteiger charge is -2.25. The Morgan fingerprint density at radius 2 is 2.06 bits per heavy atom. The Hall–Kier alpha value is -1.43. The third-order valence-electron chi connectivity index (χ3n) is 2.73. The number of nitrogens with zero attached hydrogens (tertiary/aromatic N) is 1. The summed E-state index contributed by atoms with van der Waals surface area (Å²) in [5.74, 6) is -0.777. The number of hydrogen-bond acceptors (Lipinski definition) is 4. The molecule has 1 aromatic rings. The van der Waals surface area contributed by atoms with Gasteiger partial charge in [0.25, 0.3) is 5.91 Å². The van der Waals surface area contributed by atoms with Crippen molar-refractivity contribution in [3.63, 3.8) is 0 Å². The molecule has 18 heavy (non-hydrogen) atoms. The Morgan fingerprint density at radius 1 is 1.44 bits per heavy atom. The molecule has 5 nitrogen and oxygen atoms in total. The van der Waals surface area contributed by atoms with Crippen molar-refractivity contribution in [1.82, 2.24) is 4.90 Å². The molecule has 0 aliphatic heterocycles. The molecule has 1 aromatic heterocycles. The van der Waals surface area contributed by atoms with Crippen LogP contribution in [0.4, 0.5) is 0 Å². The van der Waals surface area contributed by atoms with Crippen LogP contribution in [0.25, 0.3) is 0 Å². The van der Waals surface area contributed by atoms with Crippen molar-refractivity contribution in [3.8, 4) is 0 Å². The van der Waals surface area contributed by atoms with Crippen LogP contribution in [0.15, 0.2) is 16.5 Å². The minimum absolute atomic E-state index is 0.0643. The van der Waals surface area contributed by atoms with Crippen LogP contribution >= 0.6 is 11.8 Å². The largest absolute Gasteiger partial charge is 0.475 e. The van der Waals surface area contributed by atoms with Crippen molar-refractivity contribution in [2.45, 2.75) is 19.4 Å². The van der Waals surface area contributed by atoms with Crippen LogP contribution < -0.4 is 0 Å². The predicted octanol–water partition coefficient (Wildman–Crippen LogP) is 2.19. The zero-order chi connectivity index (χ0) is 13.7. The number of furan rings is 1. The molecule has 0 aromatic carbocycles. The molecule has 1 atom stereocenters. The Balaban J connectivity index is 2.81.